The van der Waals surface area contributed by atoms with Crippen molar-refractivity contribution >= 4 is 5.71 Å². The summed E-state index contributed by atoms with van der Waals surface area (Å²) in [5, 5.41) is 4.14. The molecule has 17 heavy (non-hydrogen) atoms. The number of aliphatic imine (C=N–C) groups is 1. The summed E-state index contributed by atoms with van der Waals surface area (Å²) in [5.74, 6) is 0.819. The van der Waals surface area contributed by atoms with Crippen molar-refractivity contribution in [3.05, 3.63) is 54.5 Å². The summed E-state index contributed by atoms with van der Waals surface area (Å²) in [6.45, 7) is 0.868. The Labute approximate surface area is 99.3 Å². The minimum atomic E-state index is 0.819. The molecule has 2 aromatic heterocycles. The van der Waals surface area contributed by atoms with Crippen molar-refractivity contribution < 1.29 is 0 Å². The van der Waals surface area contributed by atoms with Crippen LogP contribution in [0.5, 0.6) is 0 Å². The fourth-order valence-electron chi connectivity index (χ4n) is 1.77. The van der Waals surface area contributed by atoms with E-state index in [9.17, 15) is 0 Å². The monoisotopic (exact) mass is 224 g/mol. The third-order valence-electron chi connectivity index (χ3n) is 2.64. The number of hydrogen-bond acceptors (Lipinski definition) is 3. The van der Waals surface area contributed by atoms with E-state index in [0.717, 1.165) is 30.1 Å². The Balaban J connectivity index is 1.90. The van der Waals surface area contributed by atoms with Crippen molar-refractivity contribution in [2.24, 2.45) is 4.99 Å². The van der Waals surface area contributed by atoms with E-state index in [1.165, 1.54) is 0 Å². The van der Waals surface area contributed by atoms with Crippen LogP contribution < -0.4 is 0 Å². The summed E-state index contributed by atoms with van der Waals surface area (Å²) in [4.78, 5) is 8.84. The molecule has 0 atom stereocenters. The van der Waals surface area contributed by atoms with E-state index < -0.39 is 0 Å². The number of dihydropyridines is 1. The molecule has 3 heterocycles. The molecule has 0 N–H and O–H groups in total. The van der Waals surface area contributed by atoms with Crippen LogP contribution in [0.1, 0.15) is 12.0 Å². The number of rotatable bonds is 2. The Bertz CT molecular complexity index is 550. The Morgan fingerprint density at radius 1 is 1.24 bits per heavy atom. The highest BCUT2D eigenvalue weighted by atomic mass is 15.3. The van der Waals surface area contributed by atoms with Gasteiger partial charge in [0.1, 0.15) is 0 Å². The summed E-state index contributed by atoms with van der Waals surface area (Å²) < 4.78 is 1.74. The van der Waals surface area contributed by atoms with E-state index in [4.69, 9.17) is 0 Å². The van der Waals surface area contributed by atoms with Gasteiger partial charge in [-0.15, -0.1) is 0 Å². The van der Waals surface area contributed by atoms with Gasteiger partial charge in [-0.05, 0) is 30.7 Å². The zero-order valence-corrected chi connectivity index (χ0v) is 9.32. The maximum Gasteiger partial charge on any atom is 0.153 e. The minimum Gasteiger partial charge on any atom is -0.284 e. The molecule has 0 radical (unpaired) electrons. The minimum absolute atomic E-state index is 0.819. The maximum atomic E-state index is 4.46. The largest absolute Gasteiger partial charge is 0.284 e. The molecule has 0 saturated carbocycles. The lowest BCUT2D eigenvalue weighted by Crippen LogP contribution is -2.04. The second-order valence-electron chi connectivity index (χ2n) is 3.81. The molecule has 1 aliphatic rings. The zero-order valence-electron chi connectivity index (χ0n) is 9.32. The zero-order chi connectivity index (χ0) is 11.5. The van der Waals surface area contributed by atoms with Gasteiger partial charge in [0, 0.05) is 30.7 Å². The molecule has 0 spiro atoms. The first kappa shape index (κ1) is 9.96. The van der Waals surface area contributed by atoms with Crippen molar-refractivity contribution in [2.75, 3.05) is 6.54 Å². The van der Waals surface area contributed by atoms with Gasteiger partial charge in [-0.3, -0.25) is 4.99 Å². The molecular weight excluding hydrogens is 212 g/mol. The second kappa shape index (κ2) is 4.33. The number of aromatic nitrogens is 3. The Hall–Kier alpha value is -2.23. The molecule has 0 aliphatic carbocycles. The SMILES string of the molecule is C1=CC(c2ccc(-n3cccn3)nc2)=NCC1. The van der Waals surface area contributed by atoms with Crippen molar-refractivity contribution in [3.63, 3.8) is 0 Å². The highest BCUT2D eigenvalue weighted by Crippen LogP contribution is 2.09. The maximum absolute atomic E-state index is 4.46. The third-order valence-corrected chi connectivity index (χ3v) is 2.64. The highest BCUT2D eigenvalue weighted by molar-refractivity contribution is 6.08. The molecule has 0 aromatic carbocycles. The van der Waals surface area contributed by atoms with Crippen LogP contribution in [0.3, 0.4) is 0 Å². The van der Waals surface area contributed by atoms with Crippen molar-refractivity contribution in [2.45, 2.75) is 6.42 Å². The highest BCUT2D eigenvalue weighted by Gasteiger charge is 2.04. The van der Waals surface area contributed by atoms with E-state index in [1.807, 2.05) is 36.7 Å². The summed E-state index contributed by atoms with van der Waals surface area (Å²) in [6, 6.07) is 5.86. The Morgan fingerprint density at radius 3 is 2.88 bits per heavy atom. The average Bonchev–Trinajstić information content (AvgIpc) is 2.94. The van der Waals surface area contributed by atoms with Gasteiger partial charge in [0.05, 0.1) is 5.71 Å². The fraction of sp³-hybridized carbons (Fsp3) is 0.154. The molecule has 0 fully saturated rings. The van der Waals surface area contributed by atoms with Gasteiger partial charge in [-0.2, -0.15) is 5.10 Å². The van der Waals surface area contributed by atoms with E-state index in [0.29, 0.717) is 0 Å². The van der Waals surface area contributed by atoms with Gasteiger partial charge in [-0.25, -0.2) is 9.67 Å². The number of nitrogens with zero attached hydrogens (tertiary/aromatic N) is 4. The molecule has 4 heteroatoms. The van der Waals surface area contributed by atoms with Crippen molar-refractivity contribution in [3.8, 4) is 5.82 Å². The standard InChI is InChI=1S/C13H12N4/c1-2-7-14-12(4-1)11-5-6-13(15-10-11)17-9-3-8-16-17/h1,3-6,8-10H,2,7H2. The third kappa shape index (κ3) is 2.01. The van der Waals surface area contributed by atoms with Crippen molar-refractivity contribution in [1.82, 2.24) is 14.8 Å². The van der Waals surface area contributed by atoms with Gasteiger partial charge in [0.2, 0.25) is 0 Å². The molecule has 0 unspecified atom stereocenters. The molecule has 0 bridgehead atoms. The van der Waals surface area contributed by atoms with E-state index in [-0.39, 0.29) is 0 Å². The Kier molecular flexibility index (Phi) is 2.54. The van der Waals surface area contributed by atoms with Gasteiger partial charge in [-0.1, -0.05) is 6.08 Å². The molecule has 84 valence electrons. The Morgan fingerprint density at radius 2 is 2.24 bits per heavy atom. The molecular formula is C13H12N4. The molecule has 4 nitrogen and oxygen atoms in total. The van der Waals surface area contributed by atoms with Crippen LogP contribution in [0.2, 0.25) is 0 Å². The van der Waals surface area contributed by atoms with Crippen LogP contribution >= 0.6 is 0 Å². The summed E-state index contributed by atoms with van der Waals surface area (Å²) in [5.41, 5.74) is 2.06. The van der Waals surface area contributed by atoms with Crippen LogP contribution in [-0.2, 0) is 0 Å². The van der Waals surface area contributed by atoms with E-state index in [2.05, 4.69) is 21.2 Å². The van der Waals surface area contributed by atoms with E-state index >= 15 is 0 Å². The van der Waals surface area contributed by atoms with Gasteiger partial charge >= 0.3 is 0 Å². The predicted molar refractivity (Wildman–Crippen MR) is 66.5 cm³/mol. The first-order chi connectivity index (χ1) is 8.43. The van der Waals surface area contributed by atoms with E-state index in [1.54, 1.807) is 10.9 Å². The van der Waals surface area contributed by atoms with Crippen LogP contribution in [0.4, 0.5) is 0 Å². The quantitative estimate of drug-likeness (QED) is 0.783. The average molecular weight is 224 g/mol. The number of allylic oxidation sites excluding steroid dienone is 1. The van der Waals surface area contributed by atoms with Crippen LogP contribution in [0.25, 0.3) is 5.82 Å². The molecule has 1 aliphatic heterocycles. The van der Waals surface area contributed by atoms with Crippen LogP contribution in [-0.4, -0.2) is 27.0 Å². The van der Waals surface area contributed by atoms with Crippen LogP contribution in [0.15, 0.2) is 53.9 Å². The van der Waals surface area contributed by atoms with Gasteiger partial charge in [0.15, 0.2) is 5.82 Å². The lowest BCUT2D eigenvalue weighted by atomic mass is 10.1. The van der Waals surface area contributed by atoms with Crippen molar-refractivity contribution in [1.29, 1.82) is 0 Å². The second-order valence-corrected chi connectivity index (χ2v) is 3.81. The summed E-state index contributed by atoms with van der Waals surface area (Å²) in [6.07, 6.45) is 10.7. The topological polar surface area (TPSA) is 43.1 Å². The summed E-state index contributed by atoms with van der Waals surface area (Å²) >= 11 is 0. The lowest BCUT2D eigenvalue weighted by Gasteiger charge is -2.06. The number of pyridine rings is 1. The molecule has 2 aromatic rings. The first-order valence-corrected chi connectivity index (χ1v) is 5.61. The molecule has 0 amide bonds. The molecule has 3 rings (SSSR count). The lowest BCUT2D eigenvalue weighted by molar-refractivity contribution is 0.846. The normalized spacial score (nSPS) is 14.7. The predicted octanol–water partition coefficient (Wildman–Crippen LogP) is 2.02. The smallest absolute Gasteiger partial charge is 0.153 e. The van der Waals surface area contributed by atoms with Crippen LogP contribution in [0, 0.1) is 0 Å². The first-order valence-electron chi connectivity index (χ1n) is 5.61. The fourth-order valence-corrected chi connectivity index (χ4v) is 1.77. The number of hydrogen-bond donors (Lipinski definition) is 0. The van der Waals surface area contributed by atoms with Gasteiger partial charge in [0.25, 0.3) is 0 Å². The molecule has 0 saturated heterocycles. The van der Waals surface area contributed by atoms with Gasteiger partial charge < -0.3 is 0 Å². The summed E-state index contributed by atoms with van der Waals surface area (Å²) in [7, 11) is 0.